The van der Waals surface area contributed by atoms with E-state index in [9.17, 15) is 16.8 Å². The highest BCUT2D eigenvalue weighted by atomic mass is 32.2. The monoisotopic (exact) mass is 549 g/mol. The molecular formula is C20H23N9O4S3. The van der Waals surface area contributed by atoms with Gasteiger partial charge in [-0.3, -0.25) is 0 Å². The van der Waals surface area contributed by atoms with Crippen molar-refractivity contribution in [3.63, 3.8) is 0 Å². The Morgan fingerprint density at radius 1 is 1.19 bits per heavy atom. The standard InChI is InChI=1S/C20H23N9O4S3/c1-29-19(26-27-28-29)16-12(13-5-2-6-14-17(13)25-20(21)34-14)7-8-15(18(16)35(22,30)31)36(32,33)24-10-11-4-3-9-23-11/h2,5-8,11,23-24H,3-4,9-10H2,1H3,(H2,21,25)(H2,22,30,31)/t11-/m0/s1. The summed E-state index contributed by atoms with van der Waals surface area (Å²) in [6.45, 7) is 0.895. The van der Waals surface area contributed by atoms with Gasteiger partial charge in [-0.05, 0) is 47.5 Å². The molecule has 190 valence electrons. The first-order chi connectivity index (χ1) is 17.1. The summed E-state index contributed by atoms with van der Waals surface area (Å²) in [6, 6.07) is 8.01. The Bertz CT molecular complexity index is 1670. The lowest BCUT2D eigenvalue weighted by atomic mass is 9.98. The number of nitrogens with one attached hydrogen (secondary N) is 2. The molecule has 1 aliphatic heterocycles. The largest absolute Gasteiger partial charge is 0.375 e. The molecular weight excluding hydrogens is 526 g/mol. The Labute approximate surface area is 211 Å². The molecule has 4 aromatic rings. The molecule has 13 nitrogen and oxygen atoms in total. The Morgan fingerprint density at radius 2 is 2.00 bits per heavy atom. The van der Waals surface area contributed by atoms with E-state index in [1.54, 1.807) is 12.1 Å². The quantitative estimate of drug-likeness (QED) is 0.250. The second kappa shape index (κ2) is 9.13. The second-order valence-corrected chi connectivity index (χ2v) is 12.6. The zero-order valence-corrected chi connectivity index (χ0v) is 21.5. The molecule has 16 heteroatoms. The van der Waals surface area contributed by atoms with Crippen molar-refractivity contribution in [2.45, 2.75) is 28.7 Å². The molecule has 1 aliphatic rings. The lowest BCUT2D eigenvalue weighted by Crippen LogP contribution is -2.37. The van der Waals surface area contributed by atoms with Gasteiger partial charge >= 0.3 is 0 Å². The normalized spacial score (nSPS) is 16.7. The summed E-state index contributed by atoms with van der Waals surface area (Å²) >= 11 is 1.27. The van der Waals surface area contributed by atoms with E-state index in [-0.39, 0.29) is 24.0 Å². The predicted molar refractivity (Wildman–Crippen MR) is 135 cm³/mol. The molecule has 0 spiro atoms. The van der Waals surface area contributed by atoms with Crippen LogP contribution in [0.1, 0.15) is 12.8 Å². The van der Waals surface area contributed by atoms with Gasteiger partial charge in [-0.25, -0.2) is 36.4 Å². The number of hydrogen-bond donors (Lipinski definition) is 4. The van der Waals surface area contributed by atoms with E-state index >= 15 is 0 Å². The topological polar surface area (TPSA) is 201 Å². The van der Waals surface area contributed by atoms with Crippen molar-refractivity contribution in [3.8, 4) is 22.5 Å². The lowest BCUT2D eigenvalue weighted by Gasteiger charge is -2.18. The molecule has 1 saturated heterocycles. The van der Waals surface area contributed by atoms with Gasteiger partial charge in [0.25, 0.3) is 0 Å². The third-order valence-corrected chi connectivity index (χ3v) is 9.39. The molecule has 1 atom stereocenters. The van der Waals surface area contributed by atoms with Gasteiger partial charge in [0.05, 0.1) is 15.8 Å². The van der Waals surface area contributed by atoms with Gasteiger partial charge in [0.1, 0.15) is 9.79 Å². The number of aromatic nitrogens is 5. The molecule has 2 aromatic carbocycles. The van der Waals surface area contributed by atoms with Crippen LogP contribution >= 0.6 is 11.3 Å². The Balaban J connectivity index is 1.79. The molecule has 0 unspecified atom stereocenters. The first-order valence-corrected chi connectivity index (χ1v) is 14.7. The maximum atomic E-state index is 13.4. The molecule has 0 bridgehead atoms. The second-order valence-electron chi connectivity index (χ2n) is 8.34. The molecule has 5 rings (SSSR count). The average molecular weight is 550 g/mol. The number of hydrogen-bond acceptors (Lipinski definition) is 11. The van der Waals surface area contributed by atoms with E-state index in [4.69, 9.17) is 10.9 Å². The van der Waals surface area contributed by atoms with Crippen molar-refractivity contribution in [1.29, 1.82) is 0 Å². The minimum atomic E-state index is -4.59. The number of para-hydroxylation sites is 1. The summed E-state index contributed by atoms with van der Waals surface area (Å²) < 4.78 is 57.3. The lowest BCUT2D eigenvalue weighted by molar-refractivity contribution is 0.548. The van der Waals surface area contributed by atoms with Gasteiger partial charge in [-0.15, -0.1) is 5.10 Å². The molecule has 3 heterocycles. The predicted octanol–water partition coefficient (Wildman–Crippen LogP) is 0.414. The smallest absolute Gasteiger partial charge is 0.241 e. The highest BCUT2D eigenvalue weighted by molar-refractivity contribution is 7.92. The molecule has 2 aromatic heterocycles. The van der Waals surface area contributed by atoms with Crippen LogP contribution in [-0.4, -0.2) is 61.2 Å². The van der Waals surface area contributed by atoms with Crippen LogP contribution in [0.2, 0.25) is 0 Å². The summed E-state index contributed by atoms with van der Waals surface area (Å²) in [5.74, 6) is 0.0174. The maximum Gasteiger partial charge on any atom is 0.241 e. The van der Waals surface area contributed by atoms with Crippen molar-refractivity contribution in [3.05, 3.63) is 30.3 Å². The van der Waals surface area contributed by atoms with Gasteiger partial charge in [-0.2, -0.15) is 0 Å². The van der Waals surface area contributed by atoms with E-state index in [0.717, 1.165) is 24.1 Å². The van der Waals surface area contributed by atoms with Crippen molar-refractivity contribution in [1.82, 2.24) is 35.2 Å². The molecule has 0 aliphatic carbocycles. The van der Waals surface area contributed by atoms with E-state index in [1.807, 2.05) is 6.07 Å². The number of sulfonamides is 2. The molecule has 6 N–H and O–H groups in total. The number of anilines is 1. The molecule has 36 heavy (non-hydrogen) atoms. The van der Waals surface area contributed by atoms with Crippen molar-refractivity contribution in [2.75, 3.05) is 18.8 Å². The molecule has 0 radical (unpaired) electrons. The summed E-state index contributed by atoms with van der Waals surface area (Å²) in [6.07, 6.45) is 1.74. The maximum absolute atomic E-state index is 13.4. The van der Waals surface area contributed by atoms with Gasteiger partial charge < -0.3 is 11.1 Å². The van der Waals surface area contributed by atoms with Gasteiger partial charge in [-0.1, -0.05) is 29.5 Å². The fraction of sp³-hybridized carbons (Fsp3) is 0.300. The Hall–Kier alpha value is -3.02. The number of benzene rings is 2. The van der Waals surface area contributed by atoms with Crippen LogP contribution in [0.3, 0.4) is 0 Å². The average Bonchev–Trinajstić information content (AvgIpc) is 3.56. The van der Waals surface area contributed by atoms with E-state index in [2.05, 4.69) is 30.5 Å². The number of tetrazole rings is 1. The van der Waals surface area contributed by atoms with Crippen molar-refractivity contribution >= 4 is 46.7 Å². The highest BCUT2D eigenvalue weighted by Crippen LogP contribution is 2.42. The van der Waals surface area contributed by atoms with E-state index in [0.29, 0.717) is 21.8 Å². The Morgan fingerprint density at radius 3 is 2.67 bits per heavy atom. The molecule has 1 fully saturated rings. The molecule has 0 saturated carbocycles. The number of thiazole rings is 1. The number of nitrogens with zero attached hydrogens (tertiary/aromatic N) is 5. The van der Waals surface area contributed by atoms with Gasteiger partial charge in [0, 0.05) is 25.2 Å². The SMILES string of the molecule is Cn1nnnc1-c1c(-c2cccc3sc(N)nc23)ccc(S(=O)(=O)NC[C@@H]2CCCN2)c1S(N)(=O)=O. The Kier molecular flexibility index (Phi) is 6.26. The third kappa shape index (κ3) is 4.46. The number of rotatable bonds is 7. The summed E-state index contributed by atoms with van der Waals surface area (Å²) in [5, 5.41) is 20.6. The zero-order valence-electron chi connectivity index (χ0n) is 19.0. The number of aryl methyl sites for hydroxylation is 1. The van der Waals surface area contributed by atoms with Crippen LogP contribution < -0.4 is 20.9 Å². The fourth-order valence-electron chi connectivity index (χ4n) is 4.35. The minimum absolute atomic E-state index is 0.0174. The number of nitrogens with two attached hydrogens (primary N) is 2. The van der Waals surface area contributed by atoms with Crippen LogP contribution in [0.4, 0.5) is 5.13 Å². The summed E-state index contributed by atoms with van der Waals surface area (Å²) in [7, 11) is -7.37. The highest BCUT2D eigenvalue weighted by Gasteiger charge is 2.33. The first kappa shape index (κ1) is 24.7. The van der Waals surface area contributed by atoms with Crippen molar-refractivity contribution < 1.29 is 16.8 Å². The van der Waals surface area contributed by atoms with Crippen LogP contribution in [0.25, 0.3) is 32.7 Å². The first-order valence-electron chi connectivity index (χ1n) is 10.9. The van der Waals surface area contributed by atoms with E-state index in [1.165, 1.54) is 35.2 Å². The fourth-order valence-corrected chi connectivity index (χ4v) is 7.79. The van der Waals surface area contributed by atoms with Crippen LogP contribution in [0, 0.1) is 0 Å². The number of primary sulfonamides is 1. The van der Waals surface area contributed by atoms with Crippen LogP contribution in [0.5, 0.6) is 0 Å². The number of fused-ring (bicyclic) bond motifs is 1. The third-order valence-electron chi connectivity index (χ3n) is 5.95. The minimum Gasteiger partial charge on any atom is -0.375 e. The van der Waals surface area contributed by atoms with Crippen LogP contribution in [-0.2, 0) is 27.1 Å². The van der Waals surface area contributed by atoms with Gasteiger partial charge in [0.15, 0.2) is 11.0 Å². The summed E-state index contributed by atoms with van der Waals surface area (Å²) in [4.78, 5) is 3.29. The van der Waals surface area contributed by atoms with Crippen molar-refractivity contribution in [2.24, 2.45) is 12.2 Å². The van der Waals surface area contributed by atoms with Gasteiger partial charge in [0.2, 0.25) is 20.0 Å². The number of nitrogen functional groups attached to an aromatic ring is 1. The summed E-state index contributed by atoms with van der Waals surface area (Å²) in [5.41, 5.74) is 7.26. The zero-order chi connectivity index (χ0) is 25.7. The molecule has 0 amide bonds. The van der Waals surface area contributed by atoms with E-state index < -0.39 is 29.8 Å². The van der Waals surface area contributed by atoms with Crippen LogP contribution in [0.15, 0.2) is 40.1 Å².